The molecule has 0 spiro atoms. The van der Waals surface area contributed by atoms with Gasteiger partial charge in [-0.15, -0.1) is 0 Å². The van der Waals surface area contributed by atoms with Crippen molar-refractivity contribution in [3.8, 4) is 0 Å². The van der Waals surface area contributed by atoms with Gasteiger partial charge in [-0.1, -0.05) is 30.3 Å². The van der Waals surface area contributed by atoms with Crippen LogP contribution < -0.4 is 21.7 Å². The monoisotopic (exact) mass is 388 g/mol. The molecule has 9 heteroatoms. The Kier molecular flexibility index (Phi) is 8.71. The minimum atomic E-state index is -4.74. The Balaban J connectivity index is 2.54. The highest BCUT2D eigenvalue weighted by molar-refractivity contribution is 5.83. The van der Waals surface area contributed by atoms with Gasteiger partial charge in [-0.3, -0.25) is 14.9 Å². The summed E-state index contributed by atoms with van der Waals surface area (Å²) in [6.07, 6.45) is -4.43. The number of nitrogens with two attached hydrogens (primary N) is 1. The summed E-state index contributed by atoms with van der Waals surface area (Å²) in [5.41, 5.74) is 6.73. The lowest BCUT2D eigenvalue weighted by molar-refractivity contribution is -0.169. The smallest absolute Gasteiger partial charge is 0.352 e. The Morgan fingerprint density at radius 2 is 1.63 bits per heavy atom. The van der Waals surface area contributed by atoms with Crippen LogP contribution in [0.3, 0.4) is 0 Å². The molecule has 0 bridgehead atoms. The van der Waals surface area contributed by atoms with Gasteiger partial charge in [0.2, 0.25) is 11.8 Å². The standard InChI is InChI=1S/C18H27F3N4O2/c1-11(2)24-17(27)15(18(19,20)21)23-10-12(3)25-16(26)14(22)9-13-7-5-4-6-8-13/h4-8,11-12,14-15,23H,9-10,22H2,1-3H3,(H,24,27)(H,25,26)/t12?,14-,15?/m1/s1. The van der Waals surface area contributed by atoms with Gasteiger partial charge in [-0.2, -0.15) is 13.2 Å². The molecule has 152 valence electrons. The molecule has 1 aromatic rings. The van der Waals surface area contributed by atoms with Crippen molar-refractivity contribution in [1.82, 2.24) is 16.0 Å². The topological polar surface area (TPSA) is 96.2 Å². The minimum absolute atomic E-state index is 0.237. The van der Waals surface area contributed by atoms with Crippen molar-refractivity contribution >= 4 is 11.8 Å². The number of carbonyl (C=O) groups is 2. The second-order valence-electron chi connectivity index (χ2n) is 6.75. The minimum Gasteiger partial charge on any atom is -0.352 e. The quantitative estimate of drug-likeness (QED) is 0.510. The third-order valence-electron chi connectivity index (χ3n) is 3.67. The maximum absolute atomic E-state index is 13.1. The second-order valence-corrected chi connectivity index (χ2v) is 6.75. The van der Waals surface area contributed by atoms with E-state index in [1.807, 2.05) is 30.3 Å². The van der Waals surface area contributed by atoms with E-state index >= 15 is 0 Å². The normalized spacial score (nSPS) is 15.1. The van der Waals surface area contributed by atoms with E-state index in [2.05, 4.69) is 16.0 Å². The molecule has 27 heavy (non-hydrogen) atoms. The molecule has 0 aliphatic rings. The van der Waals surface area contributed by atoms with Gasteiger partial charge in [-0.25, -0.2) is 0 Å². The van der Waals surface area contributed by atoms with E-state index in [1.54, 1.807) is 13.8 Å². The van der Waals surface area contributed by atoms with Crippen LogP contribution >= 0.6 is 0 Å². The Labute approximate surface area is 157 Å². The molecule has 0 heterocycles. The van der Waals surface area contributed by atoms with Crippen molar-refractivity contribution in [2.24, 2.45) is 5.73 Å². The third kappa shape index (κ3) is 8.40. The highest BCUT2D eigenvalue weighted by atomic mass is 19.4. The van der Waals surface area contributed by atoms with E-state index < -0.39 is 42.2 Å². The van der Waals surface area contributed by atoms with Crippen LogP contribution in [-0.4, -0.2) is 48.7 Å². The summed E-state index contributed by atoms with van der Waals surface area (Å²) in [5.74, 6) is -1.62. The number of nitrogens with one attached hydrogen (secondary N) is 3. The van der Waals surface area contributed by atoms with Gasteiger partial charge in [0.05, 0.1) is 6.04 Å². The summed E-state index contributed by atoms with van der Waals surface area (Å²) in [5, 5.41) is 6.96. The zero-order valence-electron chi connectivity index (χ0n) is 15.6. The molecular formula is C18H27F3N4O2. The Hall–Kier alpha value is -2.13. The number of amides is 2. The van der Waals surface area contributed by atoms with E-state index in [4.69, 9.17) is 5.73 Å². The van der Waals surface area contributed by atoms with Gasteiger partial charge < -0.3 is 16.4 Å². The zero-order valence-corrected chi connectivity index (χ0v) is 15.6. The first kappa shape index (κ1) is 22.9. The number of rotatable bonds is 9. The van der Waals surface area contributed by atoms with Crippen molar-refractivity contribution in [2.75, 3.05) is 6.54 Å². The molecule has 0 radical (unpaired) electrons. The molecule has 1 rings (SSSR count). The van der Waals surface area contributed by atoms with Gasteiger partial charge in [0, 0.05) is 18.6 Å². The van der Waals surface area contributed by atoms with Crippen LogP contribution in [-0.2, 0) is 16.0 Å². The van der Waals surface area contributed by atoms with Gasteiger partial charge in [0.1, 0.15) is 0 Å². The molecule has 0 aromatic heterocycles. The van der Waals surface area contributed by atoms with Gasteiger partial charge in [0.15, 0.2) is 6.04 Å². The Morgan fingerprint density at radius 1 is 1.04 bits per heavy atom. The zero-order chi connectivity index (χ0) is 20.6. The molecule has 3 atom stereocenters. The van der Waals surface area contributed by atoms with Crippen molar-refractivity contribution < 1.29 is 22.8 Å². The maximum atomic E-state index is 13.1. The average molecular weight is 388 g/mol. The van der Waals surface area contributed by atoms with Gasteiger partial charge >= 0.3 is 6.18 Å². The molecule has 0 aliphatic carbocycles. The van der Waals surface area contributed by atoms with E-state index in [0.717, 1.165) is 5.56 Å². The molecular weight excluding hydrogens is 361 g/mol. The summed E-state index contributed by atoms with van der Waals surface area (Å²) < 4.78 is 39.2. The molecule has 0 fully saturated rings. The molecule has 5 N–H and O–H groups in total. The lowest BCUT2D eigenvalue weighted by Gasteiger charge is -2.24. The molecule has 6 nitrogen and oxygen atoms in total. The van der Waals surface area contributed by atoms with Crippen LogP contribution in [0, 0.1) is 0 Å². The Bertz CT molecular complexity index is 608. The van der Waals surface area contributed by atoms with Gasteiger partial charge in [0.25, 0.3) is 0 Å². The number of carbonyl (C=O) groups excluding carboxylic acids is 2. The largest absolute Gasteiger partial charge is 0.412 e. The van der Waals surface area contributed by atoms with Crippen LogP contribution in [0.5, 0.6) is 0 Å². The van der Waals surface area contributed by atoms with Crippen molar-refractivity contribution in [3.05, 3.63) is 35.9 Å². The van der Waals surface area contributed by atoms with Crippen LogP contribution in [0.1, 0.15) is 26.3 Å². The number of halogens is 3. The first-order chi connectivity index (χ1) is 12.5. The summed E-state index contributed by atoms with van der Waals surface area (Å²) >= 11 is 0. The van der Waals surface area contributed by atoms with Crippen LogP contribution in [0.2, 0.25) is 0 Å². The van der Waals surface area contributed by atoms with E-state index in [9.17, 15) is 22.8 Å². The number of alkyl halides is 3. The average Bonchev–Trinajstić information content (AvgIpc) is 2.53. The predicted molar refractivity (Wildman–Crippen MR) is 96.9 cm³/mol. The summed E-state index contributed by atoms with van der Waals surface area (Å²) in [7, 11) is 0. The molecule has 2 amide bonds. The highest BCUT2D eigenvalue weighted by Crippen LogP contribution is 2.20. The number of benzene rings is 1. The molecule has 0 aliphatic heterocycles. The van der Waals surface area contributed by atoms with Crippen LogP contribution in [0.4, 0.5) is 13.2 Å². The number of hydrogen-bond donors (Lipinski definition) is 4. The van der Waals surface area contributed by atoms with E-state index in [1.165, 1.54) is 6.92 Å². The fraction of sp³-hybridized carbons (Fsp3) is 0.556. The number of hydrogen-bond acceptors (Lipinski definition) is 4. The molecule has 2 unspecified atom stereocenters. The van der Waals surface area contributed by atoms with E-state index in [-0.39, 0.29) is 6.54 Å². The summed E-state index contributed by atoms with van der Waals surface area (Å²) in [6.45, 7) is 4.44. The third-order valence-corrected chi connectivity index (χ3v) is 3.67. The first-order valence-electron chi connectivity index (χ1n) is 8.71. The molecule has 1 aromatic carbocycles. The first-order valence-corrected chi connectivity index (χ1v) is 8.71. The van der Waals surface area contributed by atoms with Crippen LogP contribution in [0.15, 0.2) is 30.3 Å². The highest BCUT2D eigenvalue weighted by Gasteiger charge is 2.44. The summed E-state index contributed by atoms with van der Waals surface area (Å²) in [4.78, 5) is 23.9. The SMILES string of the molecule is CC(C)NC(=O)C(NCC(C)NC(=O)[C@H](N)Cc1ccccc1)C(F)(F)F. The predicted octanol–water partition coefficient (Wildman–Crippen LogP) is 1.11. The lowest BCUT2D eigenvalue weighted by Crippen LogP contribution is -2.57. The second kappa shape index (κ2) is 10.3. The van der Waals surface area contributed by atoms with E-state index in [0.29, 0.717) is 6.42 Å². The summed E-state index contributed by atoms with van der Waals surface area (Å²) in [6, 6.07) is 4.93. The fourth-order valence-corrected chi connectivity index (χ4v) is 2.38. The fourth-order valence-electron chi connectivity index (χ4n) is 2.38. The molecule has 0 saturated carbocycles. The maximum Gasteiger partial charge on any atom is 0.412 e. The van der Waals surface area contributed by atoms with Crippen molar-refractivity contribution in [2.45, 2.75) is 57.5 Å². The van der Waals surface area contributed by atoms with Gasteiger partial charge in [-0.05, 0) is 32.8 Å². The van der Waals surface area contributed by atoms with Crippen LogP contribution in [0.25, 0.3) is 0 Å². The Morgan fingerprint density at radius 3 is 2.15 bits per heavy atom. The molecule has 0 saturated heterocycles. The van der Waals surface area contributed by atoms with Crippen molar-refractivity contribution in [3.63, 3.8) is 0 Å². The lowest BCUT2D eigenvalue weighted by atomic mass is 10.1. The van der Waals surface area contributed by atoms with Crippen molar-refractivity contribution in [1.29, 1.82) is 0 Å².